The zero-order valence-electron chi connectivity index (χ0n) is 37.7. The largest absolute Gasteiger partial charge is 0.463 e. The molecule has 2 aliphatic rings. The lowest BCUT2D eigenvalue weighted by atomic mass is 9.83. The van der Waals surface area contributed by atoms with Crippen molar-refractivity contribution in [2.45, 2.75) is 84.3 Å². The Bertz CT molecular complexity index is 1610. The molecule has 376 valence electrons. The van der Waals surface area contributed by atoms with Gasteiger partial charge in [0.2, 0.25) is 0 Å². The van der Waals surface area contributed by atoms with Crippen LogP contribution in [0.3, 0.4) is 0 Å². The van der Waals surface area contributed by atoms with Crippen LogP contribution in [0, 0.1) is 11.8 Å². The molecule has 2 fully saturated rings. The molecule has 0 aliphatic carbocycles. The van der Waals surface area contributed by atoms with Crippen LogP contribution in [0.2, 0.25) is 0 Å². The number of hydrogen-bond acceptors (Lipinski definition) is 19. The van der Waals surface area contributed by atoms with E-state index in [0.717, 1.165) is 0 Å². The molecule has 2 aliphatic heterocycles. The van der Waals surface area contributed by atoms with Crippen molar-refractivity contribution in [3.63, 3.8) is 0 Å². The highest BCUT2D eigenvalue weighted by atomic mass is 16.7. The molecule has 0 aromatic heterocycles. The minimum absolute atomic E-state index is 0. The highest BCUT2D eigenvalue weighted by Gasteiger charge is 2.45. The van der Waals surface area contributed by atoms with E-state index in [9.17, 15) is 34.5 Å². The van der Waals surface area contributed by atoms with Gasteiger partial charge in [-0.2, -0.15) is 0 Å². The summed E-state index contributed by atoms with van der Waals surface area (Å²) in [6.45, 7) is 9.86. The number of esters is 2. The molecule has 2 amide bonds. The molecule has 21 heteroatoms. The summed E-state index contributed by atoms with van der Waals surface area (Å²) < 4.78 is 54.5. The first-order valence-electron chi connectivity index (χ1n) is 21.3. The molecule has 21 nitrogen and oxygen atoms in total. The van der Waals surface area contributed by atoms with Crippen molar-refractivity contribution < 1.29 is 87.0 Å². The van der Waals surface area contributed by atoms with E-state index in [1.54, 1.807) is 36.4 Å². The monoisotopic (exact) mass is 943 g/mol. The maximum atomic E-state index is 11.9. The molecule has 2 aromatic carbocycles. The molecule has 2 heterocycles. The van der Waals surface area contributed by atoms with E-state index in [2.05, 4.69) is 10.6 Å². The van der Waals surface area contributed by atoms with Gasteiger partial charge in [-0.3, -0.25) is 19.2 Å². The first-order chi connectivity index (χ1) is 30.8. The Balaban J connectivity index is 0.000000651. The van der Waals surface area contributed by atoms with Crippen molar-refractivity contribution in [3.05, 3.63) is 71.8 Å². The van der Waals surface area contributed by atoms with Gasteiger partial charge in [-0.25, -0.2) is 0 Å². The van der Waals surface area contributed by atoms with Crippen molar-refractivity contribution in [3.8, 4) is 0 Å². The average molecular weight is 944 g/mol. The summed E-state index contributed by atoms with van der Waals surface area (Å²) in [7, 11) is 0. The normalized spacial score (nSPS) is 24.5. The first kappa shape index (κ1) is 59.8. The minimum atomic E-state index is -1.47. The summed E-state index contributed by atoms with van der Waals surface area (Å²) in [5.74, 6) is -1.17. The fraction of sp³-hybridized carbons (Fsp3) is 0.644. The summed E-state index contributed by atoms with van der Waals surface area (Å²) in [6, 6.07) is 17.9. The molecular weight excluding hydrogens is 870 g/mol. The third-order valence-electron chi connectivity index (χ3n) is 10.0. The summed E-state index contributed by atoms with van der Waals surface area (Å²) in [6.07, 6.45) is -8.23. The zero-order chi connectivity index (χ0) is 46.7. The molecule has 4 unspecified atom stereocenters. The lowest BCUT2D eigenvalue weighted by Gasteiger charge is -2.43. The number of amides is 2. The first-order valence-corrected chi connectivity index (χ1v) is 21.3. The second-order valence-corrected chi connectivity index (χ2v) is 14.8. The van der Waals surface area contributed by atoms with Crippen LogP contribution in [0.25, 0.3) is 0 Å². The van der Waals surface area contributed by atoms with E-state index in [4.69, 9.17) is 52.5 Å². The van der Waals surface area contributed by atoms with Crippen LogP contribution in [-0.4, -0.2) is 186 Å². The molecule has 0 bridgehead atoms. The lowest BCUT2D eigenvalue weighted by molar-refractivity contribution is -0.302. The van der Waals surface area contributed by atoms with Gasteiger partial charge in [-0.1, -0.05) is 57.7 Å². The molecule has 2 aromatic rings. The maximum absolute atomic E-state index is 11.9. The number of carbonyl (C=O) groups is 4. The third kappa shape index (κ3) is 22.1. The number of ether oxygens (including phenoxy) is 10. The van der Waals surface area contributed by atoms with Gasteiger partial charge in [-0.15, -0.1) is 0 Å². The molecule has 10 atom stereocenters. The molecule has 2 saturated heterocycles. The Morgan fingerprint density at radius 2 is 1.02 bits per heavy atom. The zero-order valence-corrected chi connectivity index (χ0v) is 37.7. The van der Waals surface area contributed by atoms with Gasteiger partial charge < -0.3 is 84.6 Å². The van der Waals surface area contributed by atoms with Crippen LogP contribution in [0.4, 0.5) is 0 Å². The topological polar surface area (TPSA) is 301 Å². The molecule has 0 radical (unpaired) electrons. The van der Waals surface area contributed by atoms with Gasteiger partial charge in [0.1, 0.15) is 31.0 Å². The predicted molar refractivity (Wildman–Crippen MR) is 237 cm³/mol. The summed E-state index contributed by atoms with van der Waals surface area (Å²) in [5, 5.41) is 43.8. The quantitative estimate of drug-likeness (QED) is 0.0512. The van der Waals surface area contributed by atoms with Crippen molar-refractivity contribution in [1.29, 1.82) is 0 Å². The number of aliphatic hydroxyl groups is 4. The fourth-order valence-corrected chi connectivity index (χ4v) is 6.29. The standard InChI is InChI=1S/C25H37NO9.C19H29NO9.CH4.H3N/c1-17-18(2)23(34-20(4)28)25(35-22(17)16-33-19(3)27)32-15-14-31-13-12-30-11-10-26-24(29)21-8-6-5-7-9-21;21-12-14-15(22)16(23)17(24)19(29-14)28-11-10-27-9-8-26-7-6-20-18(25)13-4-2-1-3-5-13;;/h5-9,17-18,22-23,25H,10-16H2,1-4H3,(H,26,29);1-5,14-17,19,21-24H,6-12H2,(H,20,25);1H4;1H3/t17-,18-,22?,23?,25-;14?,15-,16+,17?,19+;;/m01../s1. The van der Waals surface area contributed by atoms with Gasteiger partial charge >= 0.3 is 11.9 Å². The van der Waals surface area contributed by atoms with Gasteiger partial charge in [0.05, 0.1) is 78.8 Å². The Kier molecular flexibility index (Phi) is 30.9. The molecule has 0 spiro atoms. The molecule has 4 rings (SSSR count). The van der Waals surface area contributed by atoms with Gasteiger partial charge in [0.15, 0.2) is 18.7 Å². The second kappa shape index (κ2) is 34.1. The minimum Gasteiger partial charge on any atom is -0.463 e. The molecule has 66 heavy (non-hydrogen) atoms. The number of nitrogens with one attached hydrogen (secondary N) is 2. The average Bonchev–Trinajstić information content (AvgIpc) is 3.29. The van der Waals surface area contributed by atoms with Crippen LogP contribution in [0.1, 0.15) is 55.8 Å². The third-order valence-corrected chi connectivity index (χ3v) is 10.0. The number of benzene rings is 2. The summed E-state index contributed by atoms with van der Waals surface area (Å²) in [4.78, 5) is 46.5. The number of hydrogen-bond donors (Lipinski definition) is 7. The van der Waals surface area contributed by atoms with Crippen molar-refractivity contribution in [2.24, 2.45) is 11.8 Å². The Labute approximate surface area is 387 Å². The van der Waals surface area contributed by atoms with Crippen molar-refractivity contribution in [1.82, 2.24) is 16.8 Å². The number of aliphatic hydroxyl groups excluding tert-OH is 4. The van der Waals surface area contributed by atoms with E-state index >= 15 is 0 Å². The van der Waals surface area contributed by atoms with Crippen LogP contribution in [-0.2, 0) is 57.0 Å². The summed E-state index contributed by atoms with van der Waals surface area (Å²) >= 11 is 0. The van der Waals surface area contributed by atoms with E-state index in [-0.39, 0.29) is 75.7 Å². The Morgan fingerprint density at radius 3 is 1.47 bits per heavy atom. The van der Waals surface area contributed by atoms with Crippen LogP contribution >= 0.6 is 0 Å². The Morgan fingerprint density at radius 1 is 0.576 bits per heavy atom. The number of carbonyl (C=O) groups excluding carboxylic acids is 4. The van der Waals surface area contributed by atoms with E-state index < -0.39 is 55.7 Å². The maximum Gasteiger partial charge on any atom is 0.303 e. The van der Waals surface area contributed by atoms with Crippen LogP contribution in [0.15, 0.2) is 60.7 Å². The number of rotatable bonds is 26. The van der Waals surface area contributed by atoms with Gasteiger partial charge in [0.25, 0.3) is 11.8 Å². The SMILES string of the molecule is C.CC(=O)OCC1O[C@H](OCCOCCOCCNC(=O)c2ccccc2)C(OC(C)=O)[C@@H](C)[C@@H]1C.N.O=C(NCCOCCOCCO[C@H]1OC(CO)[C@@H](O)[C@H](O)C1O)c1ccccc1. The van der Waals surface area contributed by atoms with Crippen LogP contribution < -0.4 is 16.8 Å². The lowest BCUT2D eigenvalue weighted by Crippen LogP contribution is -2.59. The highest BCUT2D eigenvalue weighted by molar-refractivity contribution is 5.94. The molecule has 9 N–H and O–H groups in total. The van der Waals surface area contributed by atoms with Crippen molar-refractivity contribution >= 4 is 23.8 Å². The van der Waals surface area contributed by atoms with E-state index in [1.807, 2.05) is 38.1 Å². The Hall–Kier alpha value is -4.20. The molecular formula is C45H73N3O18. The van der Waals surface area contributed by atoms with Crippen LogP contribution in [0.5, 0.6) is 0 Å². The highest BCUT2D eigenvalue weighted by Crippen LogP contribution is 2.33. The smallest absolute Gasteiger partial charge is 0.303 e. The molecule has 0 saturated carbocycles. The van der Waals surface area contributed by atoms with Gasteiger partial charge in [-0.05, 0) is 30.2 Å². The predicted octanol–water partition coefficient (Wildman–Crippen LogP) is 1.02. The summed E-state index contributed by atoms with van der Waals surface area (Å²) in [5.41, 5.74) is 1.20. The van der Waals surface area contributed by atoms with E-state index in [1.165, 1.54) is 13.8 Å². The van der Waals surface area contributed by atoms with E-state index in [0.29, 0.717) is 70.5 Å². The fourth-order valence-electron chi connectivity index (χ4n) is 6.29. The van der Waals surface area contributed by atoms with Gasteiger partial charge in [0, 0.05) is 44.0 Å². The van der Waals surface area contributed by atoms with Crippen molar-refractivity contribution in [2.75, 3.05) is 92.4 Å². The second-order valence-electron chi connectivity index (χ2n) is 14.8.